The molecule has 1 heterocycles. The summed E-state index contributed by atoms with van der Waals surface area (Å²) in [5.74, 6) is -1.77. The molecule has 1 aromatic rings. The van der Waals surface area contributed by atoms with E-state index in [1.165, 1.54) is 38.0 Å². The van der Waals surface area contributed by atoms with Crippen molar-refractivity contribution in [3.05, 3.63) is 18.0 Å². The van der Waals surface area contributed by atoms with Crippen molar-refractivity contribution < 1.29 is 23.1 Å². The Labute approximate surface area is 123 Å². The van der Waals surface area contributed by atoms with Crippen LogP contribution in [0, 0.1) is 0 Å². The predicted molar refractivity (Wildman–Crippen MR) is 75.5 cm³/mol. The molecule has 0 fully saturated rings. The average molecular weight is 317 g/mol. The van der Waals surface area contributed by atoms with Gasteiger partial charge in [0.15, 0.2) is 0 Å². The number of aryl methyl sites for hydroxylation is 1. The fraction of sp³-hybridized carbons (Fsp3) is 0.500. The average Bonchev–Trinajstić information content (AvgIpc) is 2.77. The molecule has 1 atom stereocenters. The van der Waals surface area contributed by atoms with Crippen molar-refractivity contribution >= 4 is 21.9 Å². The number of carbonyl (C=O) groups excluding carboxylic acids is 1. The van der Waals surface area contributed by atoms with Crippen LogP contribution in [-0.2, 0) is 21.9 Å². The van der Waals surface area contributed by atoms with Crippen LogP contribution in [0.4, 0.5) is 0 Å². The number of carboxylic acids is 1. The summed E-state index contributed by atoms with van der Waals surface area (Å²) in [5.41, 5.74) is 0.0788. The van der Waals surface area contributed by atoms with Crippen LogP contribution in [0.2, 0.25) is 0 Å². The Bertz CT molecular complexity index is 648. The minimum absolute atomic E-state index is 0.0245. The van der Waals surface area contributed by atoms with E-state index >= 15 is 0 Å². The van der Waals surface area contributed by atoms with Gasteiger partial charge < -0.3 is 15.0 Å². The lowest BCUT2D eigenvalue weighted by atomic mass is 10.2. The molecule has 0 bridgehead atoms. The standard InChI is InChI=1S/C12H19N3O5S/c1-5-9(12(17)18)13-11(16)10-6-8(7-15(10)4)21(19,20)14(2)3/h6-7,9H,5H2,1-4H3,(H,13,16)(H,17,18). The second-order valence-corrected chi connectivity index (χ2v) is 6.88. The monoisotopic (exact) mass is 317 g/mol. The smallest absolute Gasteiger partial charge is 0.326 e. The normalized spacial score (nSPS) is 13.2. The first-order valence-corrected chi connectivity index (χ1v) is 7.67. The van der Waals surface area contributed by atoms with E-state index in [9.17, 15) is 18.0 Å². The Morgan fingerprint density at radius 3 is 2.43 bits per heavy atom. The number of nitrogens with one attached hydrogen (secondary N) is 1. The maximum atomic E-state index is 12.0. The number of hydrogen-bond donors (Lipinski definition) is 2. The molecule has 9 heteroatoms. The number of sulfonamides is 1. The molecule has 21 heavy (non-hydrogen) atoms. The fourth-order valence-corrected chi connectivity index (χ4v) is 2.66. The molecule has 0 aliphatic heterocycles. The molecule has 1 unspecified atom stereocenters. The summed E-state index contributed by atoms with van der Waals surface area (Å²) in [6.07, 6.45) is 1.54. The van der Waals surface area contributed by atoms with Crippen LogP contribution < -0.4 is 5.32 Å². The molecule has 0 saturated heterocycles. The van der Waals surface area contributed by atoms with Crippen molar-refractivity contribution in [3.63, 3.8) is 0 Å². The van der Waals surface area contributed by atoms with Gasteiger partial charge in [-0.1, -0.05) is 6.92 Å². The molecule has 1 aromatic heterocycles. The molecule has 0 aliphatic carbocycles. The first-order chi connectivity index (χ1) is 9.61. The van der Waals surface area contributed by atoms with Crippen LogP contribution in [0.15, 0.2) is 17.2 Å². The van der Waals surface area contributed by atoms with E-state index in [0.717, 1.165) is 4.31 Å². The fourth-order valence-electron chi connectivity index (χ4n) is 1.68. The molecule has 0 spiro atoms. The van der Waals surface area contributed by atoms with E-state index in [-0.39, 0.29) is 17.0 Å². The number of hydrogen-bond acceptors (Lipinski definition) is 4. The molecule has 1 rings (SSSR count). The Morgan fingerprint density at radius 2 is 2.00 bits per heavy atom. The third-order valence-corrected chi connectivity index (χ3v) is 4.78. The summed E-state index contributed by atoms with van der Waals surface area (Å²) in [6, 6.07) is 0.209. The SMILES string of the molecule is CCC(NC(=O)c1cc(S(=O)(=O)N(C)C)cn1C)C(=O)O. The summed E-state index contributed by atoms with van der Waals surface area (Å²) >= 11 is 0. The van der Waals surface area contributed by atoms with Crippen molar-refractivity contribution in [2.24, 2.45) is 7.05 Å². The van der Waals surface area contributed by atoms with Crippen molar-refractivity contribution in [2.75, 3.05) is 14.1 Å². The van der Waals surface area contributed by atoms with Crippen molar-refractivity contribution in [3.8, 4) is 0 Å². The summed E-state index contributed by atoms with van der Waals surface area (Å²) in [4.78, 5) is 22.9. The summed E-state index contributed by atoms with van der Waals surface area (Å²) in [7, 11) is 0.650. The van der Waals surface area contributed by atoms with Gasteiger partial charge in [-0.05, 0) is 12.5 Å². The van der Waals surface area contributed by atoms with E-state index < -0.39 is 27.9 Å². The lowest BCUT2D eigenvalue weighted by molar-refractivity contribution is -0.139. The Balaban J connectivity index is 3.08. The van der Waals surface area contributed by atoms with Gasteiger partial charge in [0.25, 0.3) is 5.91 Å². The quantitative estimate of drug-likeness (QED) is 0.759. The molecule has 1 amide bonds. The predicted octanol–water partition coefficient (Wildman–Crippen LogP) is -0.132. The van der Waals surface area contributed by atoms with E-state index in [4.69, 9.17) is 5.11 Å². The van der Waals surface area contributed by atoms with Gasteiger partial charge in [0.2, 0.25) is 10.0 Å². The zero-order chi connectivity index (χ0) is 16.4. The molecule has 118 valence electrons. The molecule has 8 nitrogen and oxygen atoms in total. The van der Waals surface area contributed by atoms with Gasteiger partial charge in [-0.15, -0.1) is 0 Å². The van der Waals surface area contributed by atoms with Gasteiger partial charge in [0.05, 0.1) is 0 Å². The molecule has 0 radical (unpaired) electrons. The van der Waals surface area contributed by atoms with Crippen LogP contribution >= 0.6 is 0 Å². The van der Waals surface area contributed by atoms with Gasteiger partial charge in [-0.3, -0.25) is 4.79 Å². The van der Waals surface area contributed by atoms with Crippen LogP contribution in [0.3, 0.4) is 0 Å². The van der Waals surface area contributed by atoms with Crippen LogP contribution in [-0.4, -0.2) is 54.4 Å². The van der Waals surface area contributed by atoms with Crippen molar-refractivity contribution in [1.82, 2.24) is 14.2 Å². The zero-order valence-electron chi connectivity index (χ0n) is 12.3. The molecular weight excluding hydrogens is 298 g/mol. The minimum atomic E-state index is -3.65. The lowest BCUT2D eigenvalue weighted by Crippen LogP contribution is -2.40. The largest absolute Gasteiger partial charge is 0.480 e. The number of rotatable bonds is 6. The zero-order valence-corrected chi connectivity index (χ0v) is 13.1. The highest BCUT2D eigenvalue weighted by Gasteiger charge is 2.24. The van der Waals surface area contributed by atoms with Gasteiger partial charge >= 0.3 is 5.97 Å². The lowest BCUT2D eigenvalue weighted by Gasteiger charge is -2.12. The Kier molecular flexibility index (Phi) is 5.13. The molecule has 0 saturated carbocycles. The van der Waals surface area contributed by atoms with Gasteiger partial charge in [-0.25, -0.2) is 17.5 Å². The highest BCUT2D eigenvalue weighted by molar-refractivity contribution is 7.89. The van der Waals surface area contributed by atoms with E-state index in [1.807, 2.05) is 0 Å². The summed E-state index contributed by atoms with van der Waals surface area (Å²) in [5, 5.41) is 11.3. The third kappa shape index (κ3) is 3.61. The van der Waals surface area contributed by atoms with E-state index in [0.29, 0.717) is 0 Å². The second-order valence-electron chi connectivity index (χ2n) is 4.73. The topological polar surface area (TPSA) is 109 Å². The maximum absolute atomic E-state index is 12.0. The highest BCUT2D eigenvalue weighted by Crippen LogP contribution is 2.16. The van der Waals surface area contributed by atoms with Crippen LogP contribution in [0.25, 0.3) is 0 Å². The van der Waals surface area contributed by atoms with Crippen molar-refractivity contribution in [1.29, 1.82) is 0 Å². The first kappa shape index (κ1) is 17.2. The Hall–Kier alpha value is -1.87. The third-order valence-electron chi connectivity index (χ3n) is 3.00. The highest BCUT2D eigenvalue weighted by atomic mass is 32.2. The van der Waals surface area contributed by atoms with E-state index in [1.54, 1.807) is 6.92 Å². The first-order valence-electron chi connectivity index (χ1n) is 6.23. The minimum Gasteiger partial charge on any atom is -0.480 e. The molecular formula is C12H19N3O5S. The van der Waals surface area contributed by atoms with Gasteiger partial charge in [0, 0.05) is 27.3 Å². The number of aliphatic carboxylic acids is 1. The number of nitrogens with zero attached hydrogens (tertiary/aromatic N) is 2. The summed E-state index contributed by atoms with van der Waals surface area (Å²) in [6.45, 7) is 1.63. The summed E-state index contributed by atoms with van der Waals surface area (Å²) < 4.78 is 26.4. The number of carbonyl (C=O) groups is 2. The van der Waals surface area contributed by atoms with Crippen molar-refractivity contribution in [2.45, 2.75) is 24.3 Å². The maximum Gasteiger partial charge on any atom is 0.326 e. The van der Waals surface area contributed by atoms with Gasteiger partial charge in [-0.2, -0.15) is 0 Å². The number of amides is 1. The molecule has 0 aliphatic rings. The van der Waals surface area contributed by atoms with Crippen LogP contribution in [0.5, 0.6) is 0 Å². The van der Waals surface area contributed by atoms with Gasteiger partial charge in [0.1, 0.15) is 16.6 Å². The number of carboxylic acid groups (broad SMARTS) is 1. The van der Waals surface area contributed by atoms with Crippen LogP contribution in [0.1, 0.15) is 23.8 Å². The number of aromatic nitrogens is 1. The van der Waals surface area contributed by atoms with E-state index in [2.05, 4.69) is 5.32 Å². The second kappa shape index (κ2) is 6.27. The molecule has 2 N–H and O–H groups in total. The Morgan fingerprint density at radius 1 is 1.43 bits per heavy atom. The molecule has 0 aromatic carbocycles.